The van der Waals surface area contributed by atoms with Crippen molar-refractivity contribution in [2.24, 2.45) is 0 Å². The van der Waals surface area contributed by atoms with Crippen LogP contribution in [-0.2, 0) is 9.84 Å². The van der Waals surface area contributed by atoms with Gasteiger partial charge in [0.05, 0.1) is 4.90 Å². The predicted octanol–water partition coefficient (Wildman–Crippen LogP) is 4.76. The van der Waals surface area contributed by atoms with Gasteiger partial charge in [0, 0.05) is 0 Å². The average molecular weight is 325 g/mol. The molecule has 0 fully saturated rings. The van der Waals surface area contributed by atoms with E-state index in [0.717, 1.165) is 18.4 Å². The fourth-order valence-corrected chi connectivity index (χ4v) is 4.71. The third-order valence-electron chi connectivity index (χ3n) is 3.13. The summed E-state index contributed by atoms with van der Waals surface area (Å²) >= 11 is 1.39. The Morgan fingerprint density at radius 1 is 1.10 bits per heavy atom. The van der Waals surface area contributed by atoms with Crippen LogP contribution in [0.15, 0.2) is 53.5 Å². The van der Waals surface area contributed by atoms with E-state index in [1.807, 2.05) is 37.5 Å². The van der Waals surface area contributed by atoms with Crippen LogP contribution in [0.25, 0.3) is 0 Å². The largest absolute Gasteiger partial charge is 0.223 e. The van der Waals surface area contributed by atoms with Gasteiger partial charge in [0.1, 0.15) is 4.58 Å². The second-order valence-corrected chi connectivity index (χ2v) is 8.32. The highest BCUT2D eigenvalue weighted by atomic mass is 32.3. The van der Waals surface area contributed by atoms with E-state index >= 15 is 0 Å². The maximum absolute atomic E-state index is 12.6. The molecule has 0 spiro atoms. The number of sulfone groups is 1. The molecule has 0 saturated heterocycles. The van der Waals surface area contributed by atoms with Gasteiger partial charge in [-0.2, -0.15) is 0 Å². The zero-order chi connectivity index (χ0) is 15.7. The summed E-state index contributed by atoms with van der Waals surface area (Å²) in [6, 6.07) is 7.08. The van der Waals surface area contributed by atoms with Crippen LogP contribution in [0.2, 0.25) is 0 Å². The molecule has 0 saturated carbocycles. The van der Waals surface area contributed by atoms with Crippen molar-refractivity contribution in [1.82, 2.24) is 0 Å². The molecule has 0 amide bonds. The molecule has 21 heavy (non-hydrogen) atoms. The minimum atomic E-state index is -3.27. The maximum atomic E-state index is 12.6. The van der Waals surface area contributed by atoms with E-state index in [2.05, 4.69) is 19.1 Å². The average Bonchev–Trinajstić information content (AvgIpc) is 2.46. The number of thioether (sulfide) groups is 1. The maximum Gasteiger partial charge on any atom is 0.190 e. The first-order chi connectivity index (χ1) is 10.0. The zero-order valence-electron chi connectivity index (χ0n) is 13.0. The van der Waals surface area contributed by atoms with Crippen molar-refractivity contribution in [3.8, 4) is 0 Å². The number of hydrogen-bond acceptors (Lipinski definition) is 3. The Kier molecular flexibility index (Phi) is 7.83. The Bertz CT molecular complexity index is 569. The van der Waals surface area contributed by atoms with Gasteiger partial charge in [-0.1, -0.05) is 48.9 Å². The summed E-state index contributed by atoms with van der Waals surface area (Å²) in [6.07, 6.45) is 12.5. The number of rotatable bonds is 8. The summed E-state index contributed by atoms with van der Waals surface area (Å²) in [4.78, 5) is 0.409. The molecule has 0 heterocycles. The van der Waals surface area contributed by atoms with Gasteiger partial charge in [-0.05, 0) is 44.6 Å². The number of allylic oxidation sites excluding steroid dienone is 4. The van der Waals surface area contributed by atoms with E-state index in [9.17, 15) is 8.42 Å². The molecule has 0 aromatic heterocycles. The third kappa shape index (κ3) is 5.71. The van der Waals surface area contributed by atoms with E-state index in [4.69, 9.17) is 0 Å². The van der Waals surface area contributed by atoms with Crippen molar-refractivity contribution in [1.29, 1.82) is 0 Å². The second-order valence-electron chi connectivity index (χ2n) is 4.85. The smallest absolute Gasteiger partial charge is 0.190 e. The second kappa shape index (κ2) is 9.11. The number of hydrogen-bond donors (Lipinski definition) is 0. The molecule has 1 unspecified atom stereocenters. The molecule has 0 aliphatic carbocycles. The normalized spacial score (nSPS) is 14.0. The summed E-state index contributed by atoms with van der Waals surface area (Å²) in [5.41, 5.74) is 1.07. The van der Waals surface area contributed by atoms with Crippen LogP contribution in [0, 0.1) is 6.92 Å². The molecule has 0 bridgehead atoms. The van der Waals surface area contributed by atoms with Gasteiger partial charge in [-0.25, -0.2) is 8.42 Å². The lowest BCUT2D eigenvalue weighted by atomic mass is 10.2. The SMILES string of the molecule is CC/C=C/C/C=C/CC(SC)S(=O)(=O)c1ccc(C)cc1. The van der Waals surface area contributed by atoms with Gasteiger partial charge in [-0.3, -0.25) is 0 Å². The van der Waals surface area contributed by atoms with Crippen molar-refractivity contribution in [2.75, 3.05) is 6.26 Å². The first kappa shape index (κ1) is 18.1. The lowest BCUT2D eigenvalue weighted by Crippen LogP contribution is -2.17. The molecular weight excluding hydrogens is 300 g/mol. The first-order valence-electron chi connectivity index (χ1n) is 7.15. The van der Waals surface area contributed by atoms with E-state index < -0.39 is 14.4 Å². The summed E-state index contributed by atoms with van der Waals surface area (Å²) in [7, 11) is -3.27. The minimum absolute atomic E-state index is 0.409. The van der Waals surface area contributed by atoms with Crippen LogP contribution in [0.4, 0.5) is 0 Å². The van der Waals surface area contributed by atoms with Crippen molar-refractivity contribution < 1.29 is 8.42 Å². The van der Waals surface area contributed by atoms with E-state index in [-0.39, 0.29) is 0 Å². The van der Waals surface area contributed by atoms with Crippen molar-refractivity contribution in [2.45, 2.75) is 42.6 Å². The van der Waals surface area contributed by atoms with Gasteiger partial charge in [0.15, 0.2) is 9.84 Å². The Labute approximate surface area is 133 Å². The Balaban J connectivity index is 2.74. The first-order valence-corrected chi connectivity index (χ1v) is 9.99. The molecule has 1 rings (SSSR count). The van der Waals surface area contributed by atoms with Crippen LogP contribution >= 0.6 is 11.8 Å². The lowest BCUT2D eigenvalue weighted by Gasteiger charge is -2.13. The monoisotopic (exact) mass is 324 g/mol. The predicted molar refractivity (Wildman–Crippen MR) is 93.5 cm³/mol. The van der Waals surface area contributed by atoms with E-state index in [1.54, 1.807) is 12.1 Å². The lowest BCUT2D eigenvalue weighted by molar-refractivity contribution is 0.593. The van der Waals surface area contributed by atoms with Gasteiger partial charge in [0.2, 0.25) is 0 Å². The van der Waals surface area contributed by atoms with Gasteiger partial charge in [0.25, 0.3) is 0 Å². The molecule has 4 heteroatoms. The molecule has 116 valence electrons. The summed E-state index contributed by atoms with van der Waals surface area (Å²) in [5, 5.41) is 0. The highest BCUT2D eigenvalue weighted by molar-refractivity contribution is 8.13. The molecule has 1 aromatic carbocycles. The molecule has 0 N–H and O–H groups in total. The molecule has 1 aromatic rings. The Morgan fingerprint density at radius 2 is 1.71 bits per heavy atom. The van der Waals surface area contributed by atoms with Crippen molar-refractivity contribution in [3.05, 3.63) is 54.1 Å². The Morgan fingerprint density at radius 3 is 2.29 bits per heavy atom. The van der Waals surface area contributed by atoms with Crippen LogP contribution in [0.3, 0.4) is 0 Å². The summed E-state index contributed by atoms with van der Waals surface area (Å²) < 4.78 is 24.7. The van der Waals surface area contributed by atoms with E-state index in [0.29, 0.717) is 11.3 Å². The van der Waals surface area contributed by atoms with Crippen LogP contribution in [-0.4, -0.2) is 19.3 Å². The highest BCUT2D eigenvalue weighted by Crippen LogP contribution is 2.26. The number of benzene rings is 1. The molecule has 1 atom stereocenters. The van der Waals surface area contributed by atoms with Gasteiger partial charge >= 0.3 is 0 Å². The van der Waals surface area contributed by atoms with Gasteiger partial charge in [-0.15, -0.1) is 11.8 Å². The van der Waals surface area contributed by atoms with Crippen LogP contribution < -0.4 is 0 Å². The molecule has 2 nitrogen and oxygen atoms in total. The number of aryl methyl sites for hydroxylation is 1. The molecule has 0 aliphatic heterocycles. The van der Waals surface area contributed by atoms with Crippen LogP contribution in [0.5, 0.6) is 0 Å². The van der Waals surface area contributed by atoms with Gasteiger partial charge < -0.3 is 0 Å². The summed E-state index contributed by atoms with van der Waals surface area (Å²) in [5.74, 6) is 0. The van der Waals surface area contributed by atoms with Crippen molar-refractivity contribution >= 4 is 21.6 Å². The topological polar surface area (TPSA) is 34.1 Å². The fraction of sp³-hybridized carbons (Fsp3) is 0.412. The molecule has 0 radical (unpaired) electrons. The Hall–Kier alpha value is -1.00. The van der Waals surface area contributed by atoms with E-state index in [1.165, 1.54) is 11.8 Å². The quantitative estimate of drug-likeness (QED) is 0.647. The minimum Gasteiger partial charge on any atom is -0.223 e. The molecular formula is C17H24O2S2. The highest BCUT2D eigenvalue weighted by Gasteiger charge is 2.25. The third-order valence-corrected chi connectivity index (χ3v) is 7.00. The van der Waals surface area contributed by atoms with Crippen LogP contribution in [0.1, 0.15) is 31.7 Å². The standard InChI is InChI=1S/C17H24O2S2/c1-4-5-6-7-8-9-10-17(20-3)21(18,19)16-13-11-15(2)12-14-16/h5-6,8-9,11-14,17H,4,7,10H2,1-3H3/b6-5+,9-8+. The van der Waals surface area contributed by atoms with Crippen molar-refractivity contribution in [3.63, 3.8) is 0 Å². The summed E-state index contributed by atoms with van der Waals surface area (Å²) in [6.45, 7) is 4.05. The zero-order valence-corrected chi connectivity index (χ0v) is 14.6. The molecule has 0 aliphatic rings. The fourth-order valence-electron chi connectivity index (χ4n) is 1.87.